The second-order valence-electron chi connectivity index (χ2n) is 4.28. The highest BCUT2D eigenvalue weighted by Crippen LogP contribution is 2.16. The predicted octanol–water partition coefficient (Wildman–Crippen LogP) is 2.46. The molecule has 17 heavy (non-hydrogen) atoms. The molecule has 1 aromatic carbocycles. The van der Waals surface area contributed by atoms with Crippen LogP contribution < -0.4 is 4.74 Å². The van der Waals surface area contributed by atoms with Crippen LogP contribution in [0, 0.1) is 0 Å². The van der Waals surface area contributed by atoms with Crippen LogP contribution in [0.25, 0.3) is 0 Å². The molecule has 1 heterocycles. The van der Waals surface area contributed by atoms with Gasteiger partial charge in [0.25, 0.3) is 0 Å². The standard InChI is InChI=1S/C13H17N3O/c1-10(2)16-9-14-15-13(16)8-11-5-4-6-12(7-11)17-3/h4-7,9-10H,8H2,1-3H3. The molecule has 0 aliphatic heterocycles. The fraction of sp³-hybridized carbons (Fsp3) is 0.385. The normalized spacial score (nSPS) is 10.8. The van der Waals surface area contributed by atoms with Gasteiger partial charge in [0.05, 0.1) is 7.11 Å². The zero-order valence-electron chi connectivity index (χ0n) is 10.4. The van der Waals surface area contributed by atoms with Crippen molar-refractivity contribution in [3.05, 3.63) is 42.0 Å². The molecule has 4 heteroatoms. The van der Waals surface area contributed by atoms with Gasteiger partial charge in [-0.1, -0.05) is 12.1 Å². The van der Waals surface area contributed by atoms with Crippen LogP contribution >= 0.6 is 0 Å². The lowest BCUT2D eigenvalue weighted by Gasteiger charge is -2.10. The molecule has 0 fully saturated rings. The monoisotopic (exact) mass is 231 g/mol. The first-order valence-corrected chi connectivity index (χ1v) is 5.72. The summed E-state index contributed by atoms with van der Waals surface area (Å²) < 4.78 is 7.29. The molecule has 0 radical (unpaired) electrons. The van der Waals surface area contributed by atoms with Crippen LogP contribution in [-0.4, -0.2) is 21.9 Å². The first-order chi connectivity index (χ1) is 8.20. The number of benzene rings is 1. The van der Waals surface area contributed by atoms with Gasteiger partial charge >= 0.3 is 0 Å². The third-order valence-electron chi connectivity index (χ3n) is 2.70. The van der Waals surface area contributed by atoms with Crippen LogP contribution in [-0.2, 0) is 6.42 Å². The molecular formula is C13H17N3O. The average molecular weight is 231 g/mol. The van der Waals surface area contributed by atoms with Crippen LogP contribution in [0.4, 0.5) is 0 Å². The van der Waals surface area contributed by atoms with E-state index in [-0.39, 0.29) is 0 Å². The number of aromatic nitrogens is 3. The van der Waals surface area contributed by atoms with Gasteiger partial charge in [-0.15, -0.1) is 10.2 Å². The fourth-order valence-electron chi connectivity index (χ4n) is 1.79. The summed E-state index contributed by atoms with van der Waals surface area (Å²) in [4.78, 5) is 0. The predicted molar refractivity (Wildman–Crippen MR) is 66.2 cm³/mol. The van der Waals surface area contributed by atoms with Crippen LogP contribution in [0.2, 0.25) is 0 Å². The highest BCUT2D eigenvalue weighted by atomic mass is 16.5. The molecule has 2 rings (SSSR count). The minimum absolute atomic E-state index is 0.380. The van der Waals surface area contributed by atoms with Gasteiger partial charge in [0, 0.05) is 12.5 Å². The lowest BCUT2D eigenvalue weighted by atomic mass is 10.1. The minimum Gasteiger partial charge on any atom is -0.497 e. The molecule has 1 aromatic heterocycles. The Morgan fingerprint density at radius 3 is 2.88 bits per heavy atom. The topological polar surface area (TPSA) is 39.9 Å². The van der Waals surface area contributed by atoms with Crippen molar-refractivity contribution in [3.63, 3.8) is 0 Å². The number of nitrogens with zero attached hydrogens (tertiary/aromatic N) is 3. The van der Waals surface area contributed by atoms with E-state index in [1.807, 2.05) is 18.2 Å². The summed E-state index contributed by atoms with van der Waals surface area (Å²) in [6.07, 6.45) is 2.55. The van der Waals surface area contributed by atoms with E-state index in [0.717, 1.165) is 18.0 Å². The van der Waals surface area contributed by atoms with Gasteiger partial charge in [0.15, 0.2) is 0 Å². The number of ether oxygens (including phenoxy) is 1. The van der Waals surface area contributed by atoms with Crippen molar-refractivity contribution >= 4 is 0 Å². The van der Waals surface area contributed by atoms with Gasteiger partial charge in [-0.05, 0) is 31.5 Å². The first-order valence-electron chi connectivity index (χ1n) is 5.72. The molecule has 0 aliphatic rings. The van der Waals surface area contributed by atoms with Gasteiger partial charge in [-0.3, -0.25) is 0 Å². The van der Waals surface area contributed by atoms with Crippen molar-refractivity contribution in [2.24, 2.45) is 0 Å². The Labute approximate surface area is 101 Å². The summed E-state index contributed by atoms with van der Waals surface area (Å²) in [5.41, 5.74) is 1.18. The van der Waals surface area contributed by atoms with E-state index in [2.05, 4.69) is 34.7 Å². The average Bonchev–Trinajstić information content (AvgIpc) is 2.77. The van der Waals surface area contributed by atoms with Gasteiger partial charge in [-0.25, -0.2) is 0 Å². The highest BCUT2D eigenvalue weighted by molar-refractivity contribution is 5.30. The molecule has 0 unspecified atom stereocenters. The number of rotatable bonds is 4. The van der Waals surface area contributed by atoms with Crippen LogP contribution in [0.5, 0.6) is 5.75 Å². The lowest BCUT2D eigenvalue weighted by molar-refractivity contribution is 0.414. The summed E-state index contributed by atoms with van der Waals surface area (Å²) in [6, 6.07) is 8.41. The zero-order chi connectivity index (χ0) is 12.3. The molecule has 0 saturated heterocycles. The molecule has 0 spiro atoms. The van der Waals surface area contributed by atoms with Gasteiger partial charge < -0.3 is 9.30 Å². The maximum absolute atomic E-state index is 5.21. The Morgan fingerprint density at radius 2 is 2.18 bits per heavy atom. The van der Waals surface area contributed by atoms with Crippen molar-refractivity contribution in [2.75, 3.05) is 7.11 Å². The first kappa shape index (κ1) is 11.6. The highest BCUT2D eigenvalue weighted by Gasteiger charge is 2.08. The Hall–Kier alpha value is -1.84. The van der Waals surface area contributed by atoms with E-state index in [1.54, 1.807) is 13.4 Å². The zero-order valence-corrected chi connectivity index (χ0v) is 10.4. The third kappa shape index (κ3) is 2.64. The largest absolute Gasteiger partial charge is 0.497 e. The van der Waals surface area contributed by atoms with Gasteiger partial charge in [0.2, 0.25) is 0 Å². The van der Waals surface area contributed by atoms with Gasteiger partial charge in [0.1, 0.15) is 17.9 Å². The molecule has 0 aliphatic carbocycles. The maximum Gasteiger partial charge on any atom is 0.137 e. The lowest BCUT2D eigenvalue weighted by Crippen LogP contribution is -2.06. The number of hydrogen-bond donors (Lipinski definition) is 0. The summed E-state index contributed by atoms with van der Waals surface area (Å²) in [5, 5.41) is 8.12. The van der Waals surface area contributed by atoms with Crippen LogP contribution in [0.3, 0.4) is 0 Å². The van der Waals surface area contributed by atoms with E-state index >= 15 is 0 Å². The molecule has 90 valence electrons. The van der Waals surface area contributed by atoms with Crippen molar-refractivity contribution in [1.29, 1.82) is 0 Å². The smallest absolute Gasteiger partial charge is 0.137 e. The molecule has 2 aromatic rings. The van der Waals surface area contributed by atoms with E-state index in [1.165, 1.54) is 5.56 Å². The summed E-state index contributed by atoms with van der Waals surface area (Å²) in [6.45, 7) is 4.25. The Balaban J connectivity index is 2.22. The van der Waals surface area contributed by atoms with Crippen LogP contribution in [0.1, 0.15) is 31.3 Å². The quantitative estimate of drug-likeness (QED) is 0.811. The Morgan fingerprint density at radius 1 is 1.35 bits per heavy atom. The Bertz CT molecular complexity index is 491. The SMILES string of the molecule is COc1cccc(Cc2nncn2C(C)C)c1. The molecule has 0 N–H and O–H groups in total. The molecule has 0 bridgehead atoms. The number of methoxy groups -OCH3 is 1. The van der Waals surface area contributed by atoms with Crippen molar-refractivity contribution in [1.82, 2.24) is 14.8 Å². The van der Waals surface area contributed by atoms with E-state index in [4.69, 9.17) is 4.74 Å². The van der Waals surface area contributed by atoms with E-state index in [0.29, 0.717) is 6.04 Å². The molecule has 0 saturated carbocycles. The second-order valence-corrected chi connectivity index (χ2v) is 4.28. The maximum atomic E-state index is 5.21. The van der Waals surface area contributed by atoms with E-state index in [9.17, 15) is 0 Å². The van der Waals surface area contributed by atoms with Crippen LogP contribution in [0.15, 0.2) is 30.6 Å². The molecule has 0 amide bonds. The minimum atomic E-state index is 0.380. The van der Waals surface area contributed by atoms with Crippen molar-refractivity contribution in [3.8, 4) is 5.75 Å². The summed E-state index contributed by atoms with van der Waals surface area (Å²) in [5.74, 6) is 1.85. The third-order valence-corrected chi connectivity index (χ3v) is 2.70. The van der Waals surface area contributed by atoms with Gasteiger partial charge in [-0.2, -0.15) is 0 Å². The van der Waals surface area contributed by atoms with E-state index < -0.39 is 0 Å². The summed E-state index contributed by atoms with van der Waals surface area (Å²) in [7, 11) is 1.68. The molecular weight excluding hydrogens is 214 g/mol. The Kier molecular flexibility index (Phi) is 3.42. The van der Waals surface area contributed by atoms with Crippen molar-refractivity contribution in [2.45, 2.75) is 26.3 Å². The second kappa shape index (κ2) is 4.99. The van der Waals surface area contributed by atoms with Crippen molar-refractivity contribution < 1.29 is 4.74 Å². The summed E-state index contributed by atoms with van der Waals surface area (Å²) >= 11 is 0. The number of hydrogen-bond acceptors (Lipinski definition) is 3. The fourth-order valence-corrected chi connectivity index (χ4v) is 1.79. The molecule has 0 atom stereocenters. The molecule has 4 nitrogen and oxygen atoms in total.